The third kappa shape index (κ3) is 2.35. The van der Waals surface area contributed by atoms with E-state index < -0.39 is 35.9 Å². The lowest BCUT2D eigenvalue weighted by atomic mass is 9.82. The lowest BCUT2D eigenvalue weighted by molar-refractivity contribution is -0.313. The van der Waals surface area contributed by atoms with Crippen LogP contribution in [-0.2, 0) is 14.3 Å². The lowest BCUT2D eigenvalue weighted by Gasteiger charge is -2.25. The van der Waals surface area contributed by atoms with E-state index in [0.29, 0.717) is 11.4 Å². The topological polar surface area (TPSA) is 87.7 Å². The van der Waals surface area contributed by atoms with Gasteiger partial charge < -0.3 is 24.7 Å². The number of ether oxygens (including phenoxy) is 2. The van der Waals surface area contributed by atoms with Crippen molar-refractivity contribution in [3.8, 4) is 5.75 Å². The van der Waals surface area contributed by atoms with Gasteiger partial charge in [0, 0.05) is 11.9 Å². The molecule has 1 aromatic rings. The number of carboxylic acid groups (broad SMARTS) is 1. The highest BCUT2D eigenvalue weighted by Crippen LogP contribution is 2.40. The number of carbonyl (C=O) groups is 2. The Labute approximate surface area is 127 Å². The molecule has 1 aromatic carbocycles. The molecule has 1 amide bonds. The Morgan fingerprint density at radius 2 is 1.91 bits per heavy atom. The van der Waals surface area contributed by atoms with Crippen LogP contribution in [0.4, 0.5) is 5.69 Å². The average Bonchev–Trinajstić information content (AvgIpc) is 3.08. The van der Waals surface area contributed by atoms with E-state index in [-0.39, 0.29) is 0 Å². The van der Waals surface area contributed by atoms with Crippen molar-refractivity contribution in [2.24, 2.45) is 11.8 Å². The monoisotopic (exact) mass is 302 g/mol. The fourth-order valence-corrected chi connectivity index (χ4v) is 3.04. The zero-order chi connectivity index (χ0) is 15.9. The van der Waals surface area contributed by atoms with Crippen LogP contribution in [0.25, 0.3) is 0 Å². The molecule has 0 aromatic heterocycles. The van der Waals surface area contributed by atoms with Crippen molar-refractivity contribution in [2.75, 3.05) is 12.4 Å². The summed E-state index contributed by atoms with van der Waals surface area (Å²) in [4.78, 5) is 23.8. The van der Waals surface area contributed by atoms with Gasteiger partial charge in [-0.05, 0) is 24.6 Å². The summed E-state index contributed by atoms with van der Waals surface area (Å²) in [5.74, 6) is -2.93. The maximum atomic E-state index is 12.5. The van der Waals surface area contributed by atoms with Gasteiger partial charge in [0.1, 0.15) is 5.75 Å². The van der Waals surface area contributed by atoms with Crippen LogP contribution in [0.1, 0.15) is 5.56 Å². The number of aryl methyl sites for hydroxylation is 1. The van der Waals surface area contributed by atoms with E-state index in [1.165, 1.54) is 7.11 Å². The molecule has 22 heavy (non-hydrogen) atoms. The van der Waals surface area contributed by atoms with Crippen LogP contribution in [0.5, 0.6) is 5.75 Å². The highest BCUT2D eigenvalue weighted by molar-refractivity contribution is 5.97. The summed E-state index contributed by atoms with van der Waals surface area (Å²) >= 11 is 0. The Balaban J connectivity index is 1.84. The van der Waals surface area contributed by atoms with Crippen LogP contribution < -0.4 is 15.2 Å². The van der Waals surface area contributed by atoms with E-state index in [9.17, 15) is 14.7 Å². The predicted octanol–water partition coefficient (Wildman–Crippen LogP) is 0.262. The lowest BCUT2D eigenvalue weighted by Crippen LogP contribution is -2.45. The Kier molecular flexibility index (Phi) is 3.62. The number of methoxy groups -OCH3 is 1. The number of amides is 1. The van der Waals surface area contributed by atoms with Crippen molar-refractivity contribution >= 4 is 17.6 Å². The smallest absolute Gasteiger partial charge is 0.231 e. The first-order valence-corrected chi connectivity index (χ1v) is 7.01. The standard InChI is InChI=1S/C16H17NO5/c1-8-3-4-10(21-2)9(7-8)17-15(18)13-11-5-6-12(22-11)14(13)16(19)20/h3-7,11-14H,1-2H3,(H,17,18)(H,19,20)/p-1/t11-,12+,13-,14-/m0/s1. The summed E-state index contributed by atoms with van der Waals surface area (Å²) in [6, 6.07) is 5.38. The molecule has 6 nitrogen and oxygen atoms in total. The highest BCUT2D eigenvalue weighted by atomic mass is 16.5. The molecule has 6 heteroatoms. The summed E-state index contributed by atoms with van der Waals surface area (Å²) < 4.78 is 10.7. The third-order valence-electron chi connectivity index (χ3n) is 4.09. The van der Waals surface area contributed by atoms with Gasteiger partial charge in [-0.25, -0.2) is 0 Å². The molecule has 2 aliphatic rings. The molecule has 2 aliphatic heterocycles. The molecular weight excluding hydrogens is 286 g/mol. The van der Waals surface area contributed by atoms with Gasteiger partial charge >= 0.3 is 0 Å². The first-order chi connectivity index (χ1) is 10.5. The molecule has 2 bridgehead atoms. The number of benzene rings is 1. The summed E-state index contributed by atoms with van der Waals surface area (Å²) in [5, 5.41) is 14.1. The van der Waals surface area contributed by atoms with Crippen LogP contribution >= 0.6 is 0 Å². The van der Waals surface area contributed by atoms with Crippen LogP contribution in [0.15, 0.2) is 30.4 Å². The number of aliphatic carboxylic acids is 1. The number of carbonyl (C=O) groups excluding carboxylic acids is 2. The number of hydrogen-bond donors (Lipinski definition) is 1. The van der Waals surface area contributed by atoms with Crippen molar-refractivity contribution in [1.82, 2.24) is 0 Å². The van der Waals surface area contributed by atoms with Crippen molar-refractivity contribution in [1.29, 1.82) is 0 Å². The Bertz CT molecular complexity index is 654. The van der Waals surface area contributed by atoms with E-state index >= 15 is 0 Å². The fourth-order valence-electron chi connectivity index (χ4n) is 3.04. The van der Waals surface area contributed by atoms with Crippen molar-refractivity contribution in [3.05, 3.63) is 35.9 Å². The zero-order valence-electron chi connectivity index (χ0n) is 12.2. The fraction of sp³-hybridized carbons (Fsp3) is 0.375. The van der Waals surface area contributed by atoms with Crippen LogP contribution in [-0.4, -0.2) is 31.2 Å². The highest BCUT2D eigenvalue weighted by Gasteiger charge is 2.50. The predicted molar refractivity (Wildman–Crippen MR) is 76.1 cm³/mol. The quantitative estimate of drug-likeness (QED) is 0.806. The number of nitrogens with one attached hydrogen (secondary N) is 1. The van der Waals surface area contributed by atoms with Crippen molar-refractivity contribution < 1.29 is 24.2 Å². The van der Waals surface area contributed by atoms with Gasteiger partial charge in [-0.15, -0.1) is 0 Å². The molecule has 4 atom stereocenters. The van der Waals surface area contributed by atoms with Crippen LogP contribution in [0, 0.1) is 18.8 Å². The second kappa shape index (κ2) is 5.46. The summed E-state index contributed by atoms with van der Waals surface area (Å²) in [6.45, 7) is 1.89. The summed E-state index contributed by atoms with van der Waals surface area (Å²) in [6.07, 6.45) is 2.28. The molecule has 0 radical (unpaired) electrons. The van der Waals surface area contributed by atoms with E-state index in [2.05, 4.69) is 5.32 Å². The van der Waals surface area contributed by atoms with Crippen LogP contribution in [0.3, 0.4) is 0 Å². The van der Waals surface area contributed by atoms with Gasteiger partial charge in [-0.2, -0.15) is 0 Å². The number of fused-ring (bicyclic) bond motifs is 2. The number of carboxylic acids is 1. The van der Waals surface area contributed by atoms with Gasteiger partial charge in [0.2, 0.25) is 5.91 Å². The molecule has 0 saturated carbocycles. The van der Waals surface area contributed by atoms with Gasteiger partial charge in [-0.3, -0.25) is 4.79 Å². The first-order valence-electron chi connectivity index (χ1n) is 7.01. The minimum absolute atomic E-state index is 0.407. The molecule has 116 valence electrons. The van der Waals surface area contributed by atoms with Gasteiger partial charge in [0.25, 0.3) is 0 Å². The molecule has 0 unspecified atom stereocenters. The summed E-state index contributed by atoms with van der Waals surface area (Å²) in [5.41, 5.74) is 1.47. The molecule has 1 fully saturated rings. The van der Waals surface area contributed by atoms with Gasteiger partial charge in [0.15, 0.2) is 0 Å². The number of hydrogen-bond acceptors (Lipinski definition) is 5. The normalized spacial score (nSPS) is 28.6. The van der Waals surface area contributed by atoms with Crippen molar-refractivity contribution in [3.63, 3.8) is 0 Å². The van der Waals surface area contributed by atoms with Crippen LogP contribution in [0.2, 0.25) is 0 Å². The van der Waals surface area contributed by atoms with E-state index in [1.54, 1.807) is 24.3 Å². The molecule has 0 aliphatic carbocycles. The largest absolute Gasteiger partial charge is 0.550 e. The number of rotatable bonds is 4. The summed E-state index contributed by atoms with van der Waals surface area (Å²) in [7, 11) is 1.51. The molecular formula is C16H16NO5-. The van der Waals surface area contributed by atoms with E-state index in [1.807, 2.05) is 13.0 Å². The zero-order valence-corrected chi connectivity index (χ0v) is 12.2. The van der Waals surface area contributed by atoms with E-state index in [4.69, 9.17) is 9.47 Å². The molecule has 1 saturated heterocycles. The molecule has 1 N–H and O–H groups in total. The Morgan fingerprint density at radius 1 is 1.23 bits per heavy atom. The minimum Gasteiger partial charge on any atom is -0.550 e. The Morgan fingerprint density at radius 3 is 2.55 bits per heavy atom. The average molecular weight is 302 g/mol. The minimum atomic E-state index is -1.27. The maximum Gasteiger partial charge on any atom is 0.231 e. The molecule has 3 rings (SSSR count). The Hall–Kier alpha value is -2.34. The SMILES string of the molecule is COc1ccc(C)cc1NC(=O)[C@@H]1[C@@H](C(=O)[O-])[C@H]2C=C[C@@H]1O2. The molecule has 0 spiro atoms. The van der Waals surface area contributed by atoms with Crippen molar-refractivity contribution in [2.45, 2.75) is 19.1 Å². The second-order valence-electron chi connectivity index (χ2n) is 5.51. The molecule has 2 heterocycles. The number of anilines is 1. The van der Waals surface area contributed by atoms with Gasteiger partial charge in [-0.1, -0.05) is 18.2 Å². The van der Waals surface area contributed by atoms with E-state index in [0.717, 1.165) is 5.56 Å². The first kappa shape index (κ1) is 14.6. The maximum absolute atomic E-state index is 12.5. The third-order valence-corrected chi connectivity index (χ3v) is 4.09. The van der Waals surface area contributed by atoms with Gasteiger partial charge in [0.05, 0.1) is 30.9 Å². The second-order valence-corrected chi connectivity index (χ2v) is 5.51.